The number of β-amino-alcohol motifs (C(OH)–C–C–N with tert-alkyl or cyclic N) is 2. The fourth-order valence-corrected chi connectivity index (χ4v) is 2.72. The predicted molar refractivity (Wildman–Crippen MR) is 78.6 cm³/mol. The second-order valence-corrected chi connectivity index (χ2v) is 6.25. The summed E-state index contributed by atoms with van der Waals surface area (Å²) < 4.78 is 28.1. The Morgan fingerprint density at radius 3 is 2.05 bits per heavy atom. The average molecular weight is 315 g/mol. The van der Waals surface area contributed by atoms with Crippen molar-refractivity contribution in [3.05, 3.63) is 34.9 Å². The molecular weight excluding hydrogens is 292 g/mol. The molecule has 3 N–H and O–H groups in total. The molecular formula is C16H23F2NO3. The zero-order valence-electron chi connectivity index (χ0n) is 12.8. The summed E-state index contributed by atoms with van der Waals surface area (Å²) in [6, 6.07) is 2.71. The monoisotopic (exact) mass is 315 g/mol. The normalized spacial score (nSPS) is 26.6. The summed E-state index contributed by atoms with van der Waals surface area (Å²) in [5.41, 5.74) is 0.630. The Morgan fingerprint density at radius 1 is 1.09 bits per heavy atom. The molecule has 0 amide bonds. The highest BCUT2D eigenvalue weighted by atomic mass is 19.1. The molecule has 1 saturated heterocycles. The molecule has 1 heterocycles. The molecule has 2 unspecified atom stereocenters. The zero-order valence-corrected chi connectivity index (χ0v) is 12.8. The Balaban J connectivity index is 2.03. The maximum Gasteiger partial charge on any atom is 0.129 e. The fraction of sp³-hybridized carbons (Fsp3) is 0.625. The number of hydrogen-bond acceptors (Lipinski definition) is 4. The van der Waals surface area contributed by atoms with Gasteiger partial charge in [0.2, 0.25) is 0 Å². The molecule has 1 aliphatic heterocycles. The van der Waals surface area contributed by atoms with E-state index in [4.69, 9.17) is 0 Å². The molecule has 0 bridgehead atoms. The van der Waals surface area contributed by atoms with Gasteiger partial charge in [0.25, 0.3) is 0 Å². The molecule has 2 atom stereocenters. The summed E-state index contributed by atoms with van der Waals surface area (Å²) in [5, 5.41) is 28.7. The first-order chi connectivity index (χ1) is 10.3. The number of likely N-dealkylation sites (tertiary alicyclic amines) is 1. The fourth-order valence-electron chi connectivity index (χ4n) is 2.72. The largest absolute Gasteiger partial charge is 0.389 e. The van der Waals surface area contributed by atoms with Gasteiger partial charge in [0.1, 0.15) is 17.7 Å². The highest BCUT2D eigenvalue weighted by Gasteiger charge is 2.33. The summed E-state index contributed by atoms with van der Waals surface area (Å²) in [5.74, 6) is -1.09. The molecule has 0 aromatic heterocycles. The molecule has 1 aromatic rings. The van der Waals surface area contributed by atoms with E-state index in [2.05, 4.69) is 0 Å². The lowest BCUT2D eigenvalue weighted by Crippen LogP contribution is -2.55. The van der Waals surface area contributed by atoms with Crippen molar-refractivity contribution in [1.82, 2.24) is 4.90 Å². The van der Waals surface area contributed by atoms with Gasteiger partial charge in [0.05, 0.1) is 12.2 Å². The Labute approximate surface area is 129 Å². The SMILES string of the molecule is CC(C)c1cc(F)c(CCN2CC(O)C(O)C(O)C2)c(F)c1. The molecule has 4 nitrogen and oxygen atoms in total. The number of aliphatic hydroxyl groups is 3. The van der Waals surface area contributed by atoms with E-state index in [-0.39, 0.29) is 31.0 Å². The predicted octanol–water partition coefficient (Wildman–Crippen LogP) is 1.03. The number of piperidine rings is 1. The first-order valence-corrected chi connectivity index (χ1v) is 7.54. The minimum absolute atomic E-state index is 0.0134. The Hall–Kier alpha value is -1.08. The van der Waals surface area contributed by atoms with Crippen molar-refractivity contribution >= 4 is 0 Å². The minimum Gasteiger partial charge on any atom is -0.389 e. The minimum atomic E-state index is -1.17. The Morgan fingerprint density at radius 2 is 1.59 bits per heavy atom. The highest BCUT2D eigenvalue weighted by Crippen LogP contribution is 2.22. The first-order valence-electron chi connectivity index (χ1n) is 7.54. The quantitative estimate of drug-likeness (QED) is 0.776. The molecule has 0 saturated carbocycles. The second-order valence-electron chi connectivity index (χ2n) is 6.25. The summed E-state index contributed by atoms with van der Waals surface area (Å²) in [4.78, 5) is 1.69. The van der Waals surface area contributed by atoms with E-state index < -0.39 is 29.9 Å². The Kier molecular flexibility index (Phi) is 5.50. The van der Waals surface area contributed by atoms with Crippen molar-refractivity contribution in [1.29, 1.82) is 0 Å². The van der Waals surface area contributed by atoms with Crippen molar-refractivity contribution in [2.24, 2.45) is 0 Å². The highest BCUT2D eigenvalue weighted by molar-refractivity contribution is 5.28. The lowest BCUT2D eigenvalue weighted by atomic mass is 9.98. The Bertz CT molecular complexity index is 489. The van der Waals surface area contributed by atoms with Gasteiger partial charge >= 0.3 is 0 Å². The first kappa shape index (κ1) is 17.3. The van der Waals surface area contributed by atoms with E-state index in [1.807, 2.05) is 13.8 Å². The van der Waals surface area contributed by atoms with Crippen LogP contribution in [-0.4, -0.2) is 58.2 Å². The van der Waals surface area contributed by atoms with Gasteiger partial charge < -0.3 is 15.3 Å². The maximum atomic E-state index is 14.0. The van der Waals surface area contributed by atoms with Crippen LogP contribution < -0.4 is 0 Å². The van der Waals surface area contributed by atoms with E-state index in [0.717, 1.165) is 0 Å². The van der Waals surface area contributed by atoms with Gasteiger partial charge in [-0.2, -0.15) is 0 Å². The number of benzene rings is 1. The van der Waals surface area contributed by atoms with Crippen LogP contribution >= 0.6 is 0 Å². The molecule has 2 rings (SSSR count). The molecule has 124 valence electrons. The van der Waals surface area contributed by atoms with E-state index in [1.165, 1.54) is 12.1 Å². The van der Waals surface area contributed by atoms with Crippen molar-refractivity contribution < 1.29 is 24.1 Å². The van der Waals surface area contributed by atoms with Crippen molar-refractivity contribution in [3.63, 3.8) is 0 Å². The van der Waals surface area contributed by atoms with Gasteiger partial charge in [-0.3, -0.25) is 4.90 Å². The maximum absolute atomic E-state index is 14.0. The number of halogens is 2. The molecule has 0 radical (unpaired) electrons. The lowest BCUT2D eigenvalue weighted by molar-refractivity contribution is -0.109. The van der Waals surface area contributed by atoms with Gasteiger partial charge in [-0.15, -0.1) is 0 Å². The molecule has 1 aliphatic rings. The molecule has 0 aliphatic carbocycles. The van der Waals surface area contributed by atoms with Crippen LogP contribution in [0.15, 0.2) is 12.1 Å². The number of rotatable bonds is 4. The van der Waals surface area contributed by atoms with Crippen LogP contribution in [0, 0.1) is 11.6 Å². The van der Waals surface area contributed by atoms with Crippen LogP contribution in [-0.2, 0) is 6.42 Å². The summed E-state index contributed by atoms with van der Waals surface area (Å²) >= 11 is 0. The topological polar surface area (TPSA) is 63.9 Å². The van der Waals surface area contributed by atoms with Gasteiger partial charge in [-0.25, -0.2) is 8.78 Å². The van der Waals surface area contributed by atoms with Gasteiger partial charge in [0, 0.05) is 25.2 Å². The van der Waals surface area contributed by atoms with Crippen LogP contribution in [0.2, 0.25) is 0 Å². The van der Waals surface area contributed by atoms with Gasteiger partial charge in [-0.1, -0.05) is 13.8 Å². The second kappa shape index (κ2) is 7.00. The number of hydrogen-bond donors (Lipinski definition) is 3. The van der Waals surface area contributed by atoms with E-state index in [0.29, 0.717) is 12.1 Å². The smallest absolute Gasteiger partial charge is 0.129 e. The van der Waals surface area contributed by atoms with Gasteiger partial charge in [-0.05, 0) is 30.0 Å². The van der Waals surface area contributed by atoms with Crippen molar-refractivity contribution in [3.8, 4) is 0 Å². The summed E-state index contributed by atoms with van der Waals surface area (Å²) in [6.45, 7) is 4.39. The van der Waals surface area contributed by atoms with Crippen LogP contribution in [0.4, 0.5) is 8.78 Å². The molecule has 1 aromatic carbocycles. The van der Waals surface area contributed by atoms with E-state index in [1.54, 1.807) is 4.90 Å². The lowest BCUT2D eigenvalue weighted by Gasteiger charge is -2.36. The average Bonchev–Trinajstić information content (AvgIpc) is 2.43. The van der Waals surface area contributed by atoms with Crippen LogP contribution in [0.1, 0.15) is 30.9 Å². The standard InChI is InChI=1S/C16H23F2NO3/c1-9(2)10-5-12(17)11(13(18)6-10)3-4-19-7-14(20)16(22)15(21)8-19/h5-6,9,14-16,20-22H,3-4,7-8H2,1-2H3. The van der Waals surface area contributed by atoms with Crippen molar-refractivity contribution in [2.45, 2.75) is 44.5 Å². The molecule has 1 fully saturated rings. The summed E-state index contributed by atoms with van der Waals surface area (Å²) in [7, 11) is 0. The summed E-state index contributed by atoms with van der Waals surface area (Å²) in [6.07, 6.45) is -3.13. The zero-order chi connectivity index (χ0) is 16.4. The molecule has 22 heavy (non-hydrogen) atoms. The van der Waals surface area contributed by atoms with E-state index in [9.17, 15) is 24.1 Å². The van der Waals surface area contributed by atoms with E-state index >= 15 is 0 Å². The third-order valence-corrected chi connectivity index (χ3v) is 4.19. The van der Waals surface area contributed by atoms with Crippen LogP contribution in [0.3, 0.4) is 0 Å². The van der Waals surface area contributed by atoms with Crippen LogP contribution in [0.25, 0.3) is 0 Å². The van der Waals surface area contributed by atoms with Crippen molar-refractivity contribution in [2.75, 3.05) is 19.6 Å². The third kappa shape index (κ3) is 3.81. The third-order valence-electron chi connectivity index (χ3n) is 4.19. The number of nitrogens with zero attached hydrogens (tertiary/aromatic N) is 1. The van der Waals surface area contributed by atoms with Crippen LogP contribution in [0.5, 0.6) is 0 Å². The molecule has 0 spiro atoms. The number of aliphatic hydroxyl groups excluding tert-OH is 3. The van der Waals surface area contributed by atoms with Gasteiger partial charge in [0.15, 0.2) is 0 Å². The molecule has 6 heteroatoms.